The van der Waals surface area contributed by atoms with E-state index in [9.17, 15) is 13.2 Å². The zero-order valence-electron chi connectivity index (χ0n) is 11.5. The minimum atomic E-state index is -4.17. The summed E-state index contributed by atoms with van der Waals surface area (Å²) >= 11 is 0.786. The number of nitrogens with one attached hydrogen (secondary N) is 1. The fourth-order valence-corrected chi connectivity index (χ4v) is 2.66. The second-order valence-corrected chi connectivity index (χ2v) is 5.40. The molecule has 0 unspecified atom stereocenters. The van der Waals surface area contributed by atoms with E-state index in [2.05, 4.69) is 10.3 Å². The normalized spacial score (nSPS) is 11.6. The standard InChI is InChI=1S/C14H16F3N3S/c1-2-20-8-7-18-13(20)9-19-11-5-3-4-6-12(11)21-10-14(15,16)17/h3-8,19H,2,9-10H2,1H3. The molecule has 1 aromatic heterocycles. The van der Waals surface area contributed by atoms with Gasteiger partial charge >= 0.3 is 6.18 Å². The van der Waals surface area contributed by atoms with Crippen molar-refractivity contribution in [3.63, 3.8) is 0 Å². The van der Waals surface area contributed by atoms with Crippen molar-refractivity contribution < 1.29 is 13.2 Å². The highest BCUT2D eigenvalue weighted by Crippen LogP contribution is 2.32. The third-order valence-electron chi connectivity index (χ3n) is 2.86. The SMILES string of the molecule is CCn1ccnc1CNc1ccccc1SCC(F)(F)F. The summed E-state index contributed by atoms with van der Waals surface area (Å²) in [5, 5.41) is 3.16. The van der Waals surface area contributed by atoms with Crippen LogP contribution in [-0.2, 0) is 13.1 Å². The third kappa shape index (κ3) is 4.70. The molecule has 0 fully saturated rings. The van der Waals surface area contributed by atoms with Gasteiger partial charge in [-0.25, -0.2) is 4.98 Å². The molecule has 2 aromatic rings. The molecule has 1 aromatic carbocycles. The Morgan fingerprint density at radius 2 is 2.05 bits per heavy atom. The minimum Gasteiger partial charge on any atom is -0.377 e. The Bertz CT molecular complexity index is 581. The van der Waals surface area contributed by atoms with E-state index in [-0.39, 0.29) is 0 Å². The maximum atomic E-state index is 12.3. The topological polar surface area (TPSA) is 29.9 Å². The van der Waals surface area contributed by atoms with Crippen LogP contribution in [0, 0.1) is 0 Å². The number of hydrogen-bond donors (Lipinski definition) is 1. The number of thioether (sulfide) groups is 1. The van der Waals surface area contributed by atoms with Gasteiger partial charge in [-0.2, -0.15) is 13.2 Å². The fraction of sp³-hybridized carbons (Fsp3) is 0.357. The summed E-state index contributed by atoms with van der Waals surface area (Å²) in [6.07, 6.45) is -0.581. The number of alkyl halides is 3. The Morgan fingerprint density at radius 3 is 2.76 bits per heavy atom. The molecular weight excluding hydrogens is 299 g/mol. The molecule has 0 bridgehead atoms. The summed E-state index contributed by atoms with van der Waals surface area (Å²) in [6, 6.07) is 6.99. The summed E-state index contributed by atoms with van der Waals surface area (Å²) in [6.45, 7) is 3.30. The molecule has 0 aliphatic heterocycles. The second-order valence-electron chi connectivity index (χ2n) is 4.38. The summed E-state index contributed by atoms with van der Waals surface area (Å²) in [7, 11) is 0. The van der Waals surface area contributed by atoms with Crippen molar-refractivity contribution >= 4 is 17.4 Å². The highest BCUT2D eigenvalue weighted by atomic mass is 32.2. The molecule has 7 heteroatoms. The molecule has 2 rings (SSSR count). The second kappa shape index (κ2) is 6.89. The molecule has 21 heavy (non-hydrogen) atoms. The average molecular weight is 315 g/mol. The number of para-hydroxylation sites is 1. The van der Waals surface area contributed by atoms with Gasteiger partial charge in [-0.05, 0) is 19.1 Å². The molecular formula is C14H16F3N3S. The quantitative estimate of drug-likeness (QED) is 0.811. The smallest absolute Gasteiger partial charge is 0.377 e. The molecule has 0 aliphatic rings. The van der Waals surface area contributed by atoms with Crippen LogP contribution in [0.3, 0.4) is 0 Å². The summed E-state index contributed by atoms with van der Waals surface area (Å²) < 4.78 is 39.0. The van der Waals surface area contributed by atoms with E-state index in [0.29, 0.717) is 17.1 Å². The number of nitrogens with zero attached hydrogens (tertiary/aromatic N) is 2. The van der Waals surface area contributed by atoms with Crippen molar-refractivity contribution in [1.82, 2.24) is 9.55 Å². The summed E-state index contributed by atoms with van der Waals surface area (Å²) in [5.74, 6) is -0.0388. The van der Waals surface area contributed by atoms with Crippen LogP contribution in [-0.4, -0.2) is 21.5 Å². The minimum absolute atomic E-state index is 0.477. The van der Waals surface area contributed by atoms with Gasteiger partial charge in [0.15, 0.2) is 0 Å². The first-order chi connectivity index (χ1) is 9.99. The van der Waals surface area contributed by atoms with Crippen LogP contribution in [0.15, 0.2) is 41.6 Å². The van der Waals surface area contributed by atoms with Crippen LogP contribution >= 0.6 is 11.8 Å². The molecule has 0 spiro atoms. The third-order valence-corrected chi connectivity index (χ3v) is 4.00. The van der Waals surface area contributed by atoms with E-state index < -0.39 is 11.9 Å². The molecule has 1 heterocycles. The van der Waals surface area contributed by atoms with Crippen molar-refractivity contribution in [2.24, 2.45) is 0 Å². The fourth-order valence-electron chi connectivity index (χ4n) is 1.87. The summed E-state index contributed by atoms with van der Waals surface area (Å²) in [5.41, 5.74) is 0.692. The van der Waals surface area contributed by atoms with Gasteiger partial charge < -0.3 is 9.88 Å². The predicted octanol–water partition coefficient (Wildman–Crippen LogP) is 4.17. The molecule has 0 saturated carbocycles. The highest BCUT2D eigenvalue weighted by molar-refractivity contribution is 7.99. The van der Waals surface area contributed by atoms with Crippen LogP contribution in [0.5, 0.6) is 0 Å². The van der Waals surface area contributed by atoms with Gasteiger partial charge in [0.2, 0.25) is 0 Å². The molecule has 0 atom stereocenters. The maximum Gasteiger partial charge on any atom is 0.398 e. The molecule has 0 amide bonds. The van der Waals surface area contributed by atoms with E-state index in [1.54, 1.807) is 30.5 Å². The lowest BCUT2D eigenvalue weighted by Gasteiger charge is -2.13. The Kier molecular flexibility index (Phi) is 5.17. The largest absolute Gasteiger partial charge is 0.398 e. The number of anilines is 1. The Hall–Kier alpha value is -1.63. The van der Waals surface area contributed by atoms with Crippen molar-refractivity contribution in [3.8, 4) is 0 Å². The van der Waals surface area contributed by atoms with Crippen LogP contribution in [0.25, 0.3) is 0 Å². The highest BCUT2D eigenvalue weighted by Gasteiger charge is 2.27. The maximum absolute atomic E-state index is 12.3. The first kappa shape index (κ1) is 15.8. The number of imidazole rings is 1. The van der Waals surface area contributed by atoms with Crippen molar-refractivity contribution in [1.29, 1.82) is 0 Å². The van der Waals surface area contributed by atoms with E-state index in [4.69, 9.17) is 0 Å². The Balaban J connectivity index is 2.03. The van der Waals surface area contributed by atoms with E-state index in [0.717, 1.165) is 24.1 Å². The molecule has 0 aliphatic carbocycles. The van der Waals surface area contributed by atoms with Crippen LogP contribution < -0.4 is 5.32 Å². The summed E-state index contributed by atoms with van der Waals surface area (Å²) in [4.78, 5) is 4.82. The van der Waals surface area contributed by atoms with E-state index >= 15 is 0 Å². The predicted molar refractivity (Wildman–Crippen MR) is 78.4 cm³/mol. The Labute approximate surface area is 125 Å². The number of hydrogen-bond acceptors (Lipinski definition) is 3. The van der Waals surface area contributed by atoms with Crippen LogP contribution in [0.2, 0.25) is 0 Å². The van der Waals surface area contributed by atoms with Gasteiger partial charge in [0.25, 0.3) is 0 Å². The van der Waals surface area contributed by atoms with E-state index in [1.807, 2.05) is 17.7 Å². The number of halogens is 3. The van der Waals surface area contributed by atoms with Gasteiger partial charge in [-0.15, -0.1) is 11.8 Å². The first-order valence-electron chi connectivity index (χ1n) is 6.52. The van der Waals surface area contributed by atoms with Crippen molar-refractivity contribution in [2.75, 3.05) is 11.1 Å². The van der Waals surface area contributed by atoms with Crippen molar-refractivity contribution in [3.05, 3.63) is 42.5 Å². The number of aromatic nitrogens is 2. The number of aryl methyl sites for hydroxylation is 1. The van der Waals surface area contributed by atoms with E-state index in [1.165, 1.54) is 0 Å². The zero-order valence-corrected chi connectivity index (χ0v) is 12.3. The van der Waals surface area contributed by atoms with Crippen LogP contribution in [0.1, 0.15) is 12.7 Å². The van der Waals surface area contributed by atoms with Crippen molar-refractivity contribution in [2.45, 2.75) is 31.1 Å². The lowest BCUT2D eigenvalue weighted by Crippen LogP contribution is -2.11. The van der Waals surface area contributed by atoms with Crippen LogP contribution in [0.4, 0.5) is 18.9 Å². The average Bonchev–Trinajstić information content (AvgIpc) is 2.90. The molecule has 114 valence electrons. The number of benzene rings is 1. The first-order valence-corrected chi connectivity index (χ1v) is 7.50. The van der Waals surface area contributed by atoms with Gasteiger partial charge in [0.05, 0.1) is 12.3 Å². The zero-order chi connectivity index (χ0) is 15.3. The molecule has 3 nitrogen and oxygen atoms in total. The molecule has 1 N–H and O–H groups in total. The van der Waals surface area contributed by atoms with Gasteiger partial charge in [-0.1, -0.05) is 12.1 Å². The monoisotopic (exact) mass is 315 g/mol. The lowest BCUT2D eigenvalue weighted by molar-refractivity contribution is -0.105. The Morgan fingerprint density at radius 1 is 1.29 bits per heavy atom. The van der Waals surface area contributed by atoms with Gasteiger partial charge in [0.1, 0.15) is 5.82 Å². The number of rotatable bonds is 6. The van der Waals surface area contributed by atoms with Gasteiger partial charge in [0, 0.05) is 29.5 Å². The molecule has 0 saturated heterocycles. The van der Waals surface area contributed by atoms with Gasteiger partial charge in [-0.3, -0.25) is 0 Å². The molecule has 0 radical (unpaired) electrons. The lowest BCUT2D eigenvalue weighted by atomic mass is 10.3.